The molecule has 5 nitrogen and oxygen atoms in total. The molecule has 1 fully saturated rings. The summed E-state index contributed by atoms with van der Waals surface area (Å²) in [5.41, 5.74) is 1.75. The van der Waals surface area contributed by atoms with E-state index in [4.69, 9.17) is 9.84 Å². The first kappa shape index (κ1) is 13.0. The second kappa shape index (κ2) is 4.65. The van der Waals surface area contributed by atoms with Gasteiger partial charge in [0.05, 0.1) is 6.42 Å². The van der Waals surface area contributed by atoms with Gasteiger partial charge in [-0.3, -0.25) is 4.79 Å². The van der Waals surface area contributed by atoms with Gasteiger partial charge in [0.25, 0.3) is 0 Å². The van der Waals surface area contributed by atoms with Crippen LogP contribution in [0.5, 0.6) is 0 Å². The van der Waals surface area contributed by atoms with E-state index in [2.05, 4.69) is 9.97 Å². The van der Waals surface area contributed by atoms with E-state index < -0.39 is 11.6 Å². The highest BCUT2D eigenvalue weighted by molar-refractivity contribution is 5.70. The number of ether oxygens (including phenoxy) is 1. The van der Waals surface area contributed by atoms with Crippen LogP contribution in [0.4, 0.5) is 0 Å². The quantitative estimate of drug-likeness (QED) is 0.884. The predicted molar refractivity (Wildman–Crippen MR) is 65.4 cm³/mol. The lowest BCUT2D eigenvalue weighted by atomic mass is 10.0. The van der Waals surface area contributed by atoms with Crippen molar-refractivity contribution < 1.29 is 14.6 Å². The molecule has 98 valence electrons. The SMILES string of the molecule is Cc1nc(C2(C)CCCO2)nc(C)c1CC(=O)O. The zero-order valence-electron chi connectivity index (χ0n) is 11.0. The lowest BCUT2D eigenvalue weighted by Gasteiger charge is -2.22. The summed E-state index contributed by atoms with van der Waals surface area (Å²) in [7, 11) is 0. The van der Waals surface area contributed by atoms with E-state index in [9.17, 15) is 4.79 Å². The second-order valence-corrected chi connectivity index (χ2v) is 4.95. The lowest BCUT2D eigenvalue weighted by Crippen LogP contribution is -2.25. The molecule has 2 heterocycles. The van der Waals surface area contributed by atoms with E-state index in [0.717, 1.165) is 30.8 Å². The molecular weight excluding hydrogens is 232 g/mol. The fourth-order valence-electron chi connectivity index (χ4n) is 2.34. The van der Waals surface area contributed by atoms with E-state index in [0.29, 0.717) is 11.4 Å². The number of carboxylic acid groups (broad SMARTS) is 1. The number of hydrogen-bond donors (Lipinski definition) is 1. The monoisotopic (exact) mass is 250 g/mol. The Morgan fingerprint density at radius 2 is 2.00 bits per heavy atom. The van der Waals surface area contributed by atoms with Gasteiger partial charge in [0.1, 0.15) is 5.60 Å². The Hall–Kier alpha value is -1.49. The van der Waals surface area contributed by atoms with Crippen LogP contribution < -0.4 is 0 Å². The van der Waals surface area contributed by atoms with Gasteiger partial charge >= 0.3 is 5.97 Å². The largest absolute Gasteiger partial charge is 0.481 e. The first-order valence-electron chi connectivity index (χ1n) is 6.13. The van der Waals surface area contributed by atoms with Gasteiger partial charge in [-0.1, -0.05) is 0 Å². The highest BCUT2D eigenvalue weighted by Crippen LogP contribution is 2.34. The smallest absolute Gasteiger partial charge is 0.307 e. The fourth-order valence-corrected chi connectivity index (χ4v) is 2.34. The van der Waals surface area contributed by atoms with Crippen LogP contribution in [0, 0.1) is 13.8 Å². The Morgan fingerprint density at radius 3 is 2.44 bits per heavy atom. The zero-order chi connectivity index (χ0) is 13.3. The first-order chi connectivity index (χ1) is 8.42. The van der Waals surface area contributed by atoms with Gasteiger partial charge in [-0.25, -0.2) is 9.97 Å². The van der Waals surface area contributed by atoms with Crippen LogP contribution in [0.25, 0.3) is 0 Å². The van der Waals surface area contributed by atoms with Crippen LogP contribution in [-0.2, 0) is 21.6 Å². The van der Waals surface area contributed by atoms with Crippen molar-refractivity contribution in [3.8, 4) is 0 Å². The van der Waals surface area contributed by atoms with E-state index in [1.54, 1.807) is 0 Å². The normalized spacial score (nSPS) is 23.3. The van der Waals surface area contributed by atoms with Crippen LogP contribution in [0.3, 0.4) is 0 Å². The number of carboxylic acids is 1. The van der Waals surface area contributed by atoms with Crippen molar-refractivity contribution in [3.63, 3.8) is 0 Å². The van der Waals surface area contributed by atoms with E-state index in [-0.39, 0.29) is 6.42 Å². The number of aryl methyl sites for hydroxylation is 2. The van der Waals surface area contributed by atoms with Crippen molar-refractivity contribution in [3.05, 3.63) is 22.8 Å². The van der Waals surface area contributed by atoms with Crippen LogP contribution >= 0.6 is 0 Å². The molecule has 1 N–H and O–H groups in total. The fraction of sp³-hybridized carbons (Fsp3) is 0.615. The molecule has 1 atom stereocenters. The van der Waals surface area contributed by atoms with Crippen LogP contribution in [0.1, 0.15) is 42.5 Å². The van der Waals surface area contributed by atoms with Crippen LogP contribution in [-0.4, -0.2) is 27.7 Å². The molecule has 0 amide bonds. The van der Waals surface area contributed by atoms with Gasteiger partial charge in [0.15, 0.2) is 5.82 Å². The predicted octanol–water partition coefficient (Wildman–Crippen LogP) is 1.75. The average Bonchev–Trinajstić information content (AvgIpc) is 2.71. The third-order valence-corrected chi connectivity index (χ3v) is 3.44. The molecule has 0 aromatic carbocycles. The molecule has 0 saturated carbocycles. The number of aliphatic carboxylic acids is 1. The summed E-state index contributed by atoms with van der Waals surface area (Å²) in [4.78, 5) is 19.7. The number of hydrogen-bond acceptors (Lipinski definition) is 4. The number of rotatable bonds is 3. The molecule has 1 aliphatic rings. The van der Waals surface area contributed by atoms with Crippen molar-refractivity contribution in [1.82, 2.24) is 9.97 Å². The standard InChI is InChI=1S/C13H18N2O3/c1-8-10(7-11(16)17)9(2)15-12(14-8)13(3)5-4-6-18-13/h4-7H2,1-3H3,(H,16,17). The molecule has 1 aromatic heterocycles. The summed E-state index contributed by atoms with van der Waals surface area (Å²) < 4.78 is 5.72. The highest BCUT2D eigenvalue weighted by atomic mass is 16.5. The van der Waals surface area contributed by atoms with Gasteiger partial charge in [0.2, 0.25) is 0 Å². The summed E-state index contributed by atoms with van der Waals surface area (Å²) in [5, 5.41) is 8.87. The van der Waals surface area contributed by atoms with E-state index in [1.807, 2.05) is 20.8 Å². The molecular formula is C13H18N2O3. The first-order valence-corrected chi connectivity index (χ1v) is 6.13. The topological polar surface area (TPSA) is 72.3 Å². The number of carbonyl (C=O) groups is 1. The molecule has 5 heteroatoms. The van der Waals surface area contributed by atoms with Gasteiger partial charge in [-0.05, 0) is 33.6 Å². The molecule has 18 heavy (non-hydrogen) atoms. The second-order valence-electron chi connectivity index (χ2n) is 4.95. The van der Waals surface area contributed by atoms with Crippen molar-refractivity contribution in [1.29, 1.82) is 0 Å². The highest BCUT2D eigenvalue weighted by Gasteiger charge is 2.35. The minimum Gasteiger partial charge on any atom is -0.481 e. The Kier molecular flexibility index (Phi) is 3.34. The zero-order valence-corrected chi connectivity index (χ0v) is 11.0. The van der Waals surface area contributed by atoms with Gasteiger partial charge < -0.3 is 9.84 Å². The molecule has 0 aliphatic carbocycles. The number of aromatic nitrogens is 2. The van der Waals surface area contributed by atoms with Gasteiger partial charge in [0, 0.05) is 23.6 Å². The molecule has 0 bridgehead atoms. The van der Waals surface area contributed by atoms with Crippen molar-refractivity contribution in [2.45, 2.75) is 45.6 Å². The molecule has 2 rings (SSSR count). The Labute approximate surface area is 106 Å². The minimum atomic E-state index is -0.860. The van der Waals surface area contributed by atoms with Gasteiger partial charge in [-0.2, -0.15) is 0 Å². The minimum absolute atomic E-state index is 0.0322. The summed E-state index contributed by atoms with van der Waals surface area (Å²) in [6.07, 6.45) is 1.88. The molecule has 1 aromatic rings. The van der Waals surface area contributed by atoms with Gasteiger partial charge in [-0.15, -0.1) is 0 Å². The maximum Gasteiger partial charge on any atom is 0.307 e. The van der Waals surface area contributed by atoms with Crippen molar-refractivity contribution >= 4 is 5.97 Å². The summed E-state index contributed by atoms with van der Waals surface area (Å²) in [6, 6.07) is 0. The van der Waals surface area contributed by atoms with E-state index >= 15 is 0 Å². The summed E-state index contributed by atoms with van der Waals surface area (Å²) in [5.74, 6) is -0.190. The molecule has 1 saturated heterocycles. The van der Waals surface area contributed by atoms with Crippen LogP contribution in [0.15, 0.2) is 0 Å². The maximum absolute atomic E-state index is 10.8. The maximum atomic E-state index is 10.8. The summed E-state index contributed by atoms with van der Waals surface area (Å²) in [6.45, 7) is 6.38. The Morgan fingerprint density at radius 1 is 1.39 bits per heavy atom. The summed E-state index contributed by atoms with van der Waals surface area (Å²) >= 11 is 0. The molecule has 0 spiro atoms. The van der Waals surface area contributed by atoms with Crippen molar-refractivity contribution in [2.75, 3.05) is 6.61 Å². The number of nitrogens with zero attached hydrogens (tertiary/aromatic N) is 2. The average molecular weight is 250 g/mol. The molecule has 0 radical (unpaired) electrons. The molecule has 1 aliphatic heterocycles. The Bertz CT molecular complexity index is 456. The van der Waals surface area contributed by atoms with Crippen LogP contribution in [0.2, 0.25) is 0 Å². The lowest BCUT2D eigenvalue weighted by molar-refractivity contribution is -0.136. The third kappa shape index (κ3) is 2.36. The molecule has 1 unspecified atom stereocenters. The third-order valence-electron chi connectivity index (χ3n) is 3.44. The van der Waals surface area contributed by atoms with Crippen molar-refractivity contribution in [2.24, 2.45) is 0 Å². The Balaban J connectivity index is 2.39. The van der Waals surface area contributed by atoms with E-state index in [1.165, 1.54) is 0 Å².